The van der Waals surface area contributed by atoms with Crippen molar-refractivity contribution in [2.75, 3.05) is 0 Å². The molecule has 32 heavy (non-hydrogen) atoms. The largest absolute Gasteiger partial charge is 0.488 e. The van der Waals surface area contributed by atoms with Gasteiger partial charge in [0.25, 0.3) is 0 Å². The van der Waals surface area contributed by atoms with Gasteiger partial charge in [-0.3, -0.25) is 9.78 Å². The Balaban J connectivity index is 1.34. The molecule has 4 rings (SSSR count). The Morgan fingerprint density at radius 3 is 2.38 bits per heavy atom. The monoisotopic (exact) mass is 425 g/mol. The first-order valence-electron chi connectivity index (χ1n) is 10.6. The zero-order valence-corrected chi connectivity index (χ0v) is 17.7. The van der Waals surface area contributed by atoms with Gasteiger partial charge in [-0.25, -0.2) is 4.39 Å². The van der Waals surface area contributed by atoms with Gasteiger partial charge in [-0.2, -0.15) is 0 Å². The van der Waals surface area contributed by atoms with Crippen LogP contribution in [0, 0.1) is 5.82 Å². The summed E-state index contributed by atoms with van der Waals surface area (Å²) in [5.74, 6) is 0.540. The number of carbonyl (C=O) groups excluding carboxylic acids is 1. The Bertz CT molecular complexity index is 1160. The number of rotatable bonds is 9. The Morgan fingerprint density at radius 1 is 0.844 bits per heavy atom. The number of aryl methyl sites for hydroxylation is 1. The number of nitrogens with zero attached hydrogens (tertiary/aromatic N) is 1. The number of benzene rings is 3. The van der Waals surface area contributed by atoms with Crippen molar-refractivity contribution in [2.24, 2.45) is 0 Å². The molecule has 0 amide bonds. The number of hydrogen-bond acceptors (Lipinski definition) is 3. The Hall–Kier alpha value is -3.79. The molecule has 4 heteroatoms. The smallest absolute Gasteiger partial charge is 0.137 e. The van der Waals surface area contributed by atoms with Crippen molar-refractivity contribution in [3.63, 3.8) is 0 Å². The summed E-state index contributed by atoms with van der Waals surface area (Å²) in [5, 5.41) is 0. The molecule has 0 N–H and O–H groups in total. The van der Waals surface area contributed by atoms with Crippen LogP contribution < -0.4 is 4.74 Å². The number of ether oxygens (including phenoxy) is 1. The zero-order valence-electron chi connectivity index (χ0n) is 17.7. The SMILES string of the molecule is O=C(CCc1cccnc1)Cc1ccc(COc2ccc(F)cc2-c2ccccc2)cc1. The molecule has 1 heterocycles. The summed E-state index contributed by atoms with van der Waals surface area (Å²) >= 11 is 0. The van der Waals surface area contributed by atoms with Gasteiger partial charge in [-0.15, -0.1) is 0 Å². The molecular formula is C28H24FNO2. The maximum atomic E-state index is 13.8. The lowest BCUT2D eigenvalue weighted by Gasteiger charge is -2.12. The molecule has 0 unspecified atom stereocenters. The van der Waals surface area contributed by atoms with E-state index in [1.165, 1.54) is 12.1 Å². The average molecular weight is 426 g/mol. The average Bonchev–Trinajstić information content (AvgIpc) is 2.84. The van der Waals surface area contributed by atoms with Crippen LogP contribution in [0.1, 0.15) is 23.1 Å². The van der Waals surface area contributed by atoms with E-state index in [0.29, 0.717) is 31.6 Å². The highest BCUT2D eigenvalue weighted by molar-refractivity contribution is 5.81. The summed E-state index contributed by atoms with van der Waals surface area (Å²) in [6, 6.07) is 25.9. The van der Waals surface area contributed by atoms with Gasteiger partial charge in [-0.05, 0) is 52.9 Å². The van der Waals surface area contributed by atoms with Crippen LogP contribution in [0.25, 0.3) is 11.1 Å². The summed E-state index contributed by atoms with van der Waals surface area (Å²) in [6.07, 6.45) is 5.16. The Labute approximate surface area is 187 Å². The lowest BCUT2D eigenvalue weighted by molar-refractivity contribution is -0.118. The van der Waals surface area contributed by atoms with E-state index >= 15 is 0 Å². The predicted molar refractivity (Wildman–Crippen MR) is 124 cm³/mol. The fourth-order valence-electron chi connectivity index (χ4n) is 3.53. The lowest BCUT2D eigenvalue weighted by atomic mass is 10.0. The minimum absolute atomic E-state index is 0.205. The van der Waals surface area contributed by atoms with Crippen LogP contribution in [0.2, 0.25) is 0 Å². The molecule has 0 atom stereocenters. The summed E-state index contributed by atoms with van der Waals surface area (Å²) < 4.78 is 19.8. The number of ketones is 1. The van der Waals surface area contributed by atoms with Crippen LogP contribution in [-0.2, 0) is 24.2 Å². The van der Waals surface area contributed by atoms with Gasteiger partial charge in [0, 0.05) is 30.8 Å². The zero-order chi connectivity index (χ0) is 22.2. The van der Waals surface area contributed by atoms with E-state index in [1.54, 1.807) is 18.5 Å². The molecule has 0 radical (unpaired) electrons. The standard InChI is InChI=1S/C28H24FNO2/c29-25-13-15-28(27(18-25)24-6-2-1-3-7-24)32-20-23-10-8-21(9-11-23)17-26(31)14-12-22-5-4-16-30-19-22/h1-11,13,15-16,18-19H,12,14,17,20H2. The second-order valence-corrected chi connectivity index (χ2v) is 7.69. The van der Waals surface area contributed by atoms with Crippen molar-refractivity contribution in [3.8, 4) is 16.9 Å². The molecule has 3 nitrogen and oxygen atoms in total. The van der Waals surface area contributed by atoms with Crippen molar-refractivity contribution < 1.29 is 13.9 Å². The minimum Gasteiger partial charge on any atom is -0.488 e. The van der Waals surface area contributed by atoms with E-state index in [0.717, 1.165) is 27.8 Å². The molecule has 0 bridgehead atoms. The maximum Gasteiger partial charge on any atom is 0.137 e. The fourth-order valence-corrected chi connectivity index (χ4v) is 3.53. The molecule has 0 spiro atoms. The van der Waals surface area contributed by atoms with E-state index in [4.69, 9.17) is 4.74 Å². The first-order valence-corrected chi connectivity index (χ1v) is 10.6. The number of aromatic nitrogens is 1. The number of hydrogen-bond donors (Lipinski definition) is 0. The molecule has 0 saturated heterocycles. The second-order valence-electron chi connectivity index (χ2n) is 7.69. The maximum absolute atomic E-state index is 13.8. The van der Waals surface area contributed by atoms with E-state index in [9.17, 15) is 9.18 Å². The summed E-state index contributed by atoms with van der Waals surface area (Å²) in [6.45, 7) is 0.362. The number of pyridine rings is 1. The summed E-state index contributed by atoms with van der Waals surface area (Å²) in [7, 11) is 0. The van der Waals surface area contributed by atoms with Gasteiger partial charge >= 0.3 is 0 Å². The van der Waals surface area contributed by atoms with Crippen LogP contribution in [0.5, 0.6) is 5.75 Å². The van der Waals surface area contributed by atoms with Gasteiger partial charge in [0.05, 0.1) is 0 Å². The van der Waals surface area contributed by atoms with Gasteiger partial charge < -0.3 is 4.74 Å². The Morgan fingerprint density at radius 2 is 1.62 bits per heavy atom. The lowest BCUT2D eigenvalue weighted by Crippen LogP contribution is -2.05. The molecule has 0 aliphatic carbocycles. The second kappa shape index (κ2) is 10.5. The van der Waals surface area contributed by atoms with Gasteiger partial charge in [0.1, 0.15) is 24.0 Å². The topological polar surface area (TPSA) is 39.2 Å². The molecule has 3 aromatic carbocycles. The quantitative estimate of drug-likeness (QED) is 0.320. The molecular weight excluding hydrogens is 401 g/mol. The molecule has 0 aliphatic rings. The van der Waals surface area contributed by atoms with Crippen LogP contribution in [-0.4, -0.2) is 10.8 Å². The summed E-state index contributed by atoms with van der Waals surface area (Å²) in [4.78, 5) is 16.4. The molecule has 4 aromatic rings. The van der Waals surface area contributed by atoms with E-state index in [1.807, 2.05) is 66.7 Å². The first-order chi connectivity index (χ1) is 15.7. The number of carbonyl (C=O) groups is 1. The van der Waals surface area contributed by atoms with Gasteiger partial charge in [-0.1, -0.05) is 60.7 Å². The van der Waals surface area contributed by atoms with Gasteiger partial charge in [0.15, 0.2) is 0 Å². The third kappa shape index (κ3) is 5.88. The minimum atomic E-state index is -0.297. The predicted octanol–water partition coefficient (Wildman–Crippen LogP) is 6.21. The van der Waals surface area contributed by atoms with E-state index in [-0.39, 0.29) is 11.6 Å². The number of halogens is 1. The third-order valence-corrected chi connectivity index (χ3v) is 5.26. The third-order valence-electron chi connectivity index (χ3n) is 5.26. The first kappa shape index (κ1) is 21.4. The van der Waals surface area contributed by atoms with E-state index in [2.05, 4.69) is 4.98 Å². The highest BCUT2D eigenvalue weighted by Gasteiger charge is 2.09. The van der Waals surface area contributed by atoms with E-state index < -0.39 is 0 Å². The van der Waals surface area contributed by atoms with Crippen molar-refractivity contribution >= 4 is 5.78 Å². The summed E-state index contributed by atoms with van der Waals surface area (Å²) in [5.41, 5.74) is 4.67. The molecule has 1 aromatic heterocycles. The van der Waals surface area contributed by atoms with Crippen LogP contribution in [0.4, 0.5) is 4.39 Å². The molecule has 0 fully saturated rings. The van der Waals surface area contributed by atoms with Crippen LogP contribution >= 0.6 is 0 Å². The van der Waals surface area contributed by atoms with Crippen molar-refractivity contribution in [2.45, 2.75) is 25.9 Å². The molecule has 0 saturated carbocycles. The van der Waals surface area contributed by atoms with Crippen LogP contribution in [0.15, 0.2) is 97.3 Å². The van der Waals surface area contributed by atoms with Gasteiger partial charge in [0.2, 0.25) is 0 Å². The number of Topliss-reactive ketones (excluding diaryl/α,β-unsaturated/α-hetero) is 1. The Kier molecular flexibility index (Phi) is 7.03. The van der Waals surface area contributed by atoms with Crippen molar-refractivity contribution in [1.82, 2.24) is 4.98 Å². The highest BCUT2D eigenvalue weighted by Crippen LogP contribution is 2.31. The molecule has 160 valence electrons. The van der Waals surface area contributed by atoms with Crippen LogP contribution in [0.3, 0.4) is 0 Å². The fraction of sp³-hybridized carbons (Fsp3) is 0.143. The highest BCUT2D eigenvalue weighted by atomic mass is 19.1. The van der Waals surface area contributed by atoms with Crippen molar-refractivity contribution in [1.29, 1.82) is 0 Å². The normalized spacial score (nSPS) is 10.7. The molecule has 0 aliphatic heterocycles. The van der Waals surface area contributed by atoms with Crippen molar-refractivity contribution in [3.05, 3.63) is 120 Å².